The van der Waals surface area contributed by atoms with Crippen LogP contribution in [0.5, 0.6) is 0 Å². The third-order valence-corrected chi connectivity index (χ3v) is 7.03. The Morgan fingerprint density at radius 2 is 1.71 bits per heavy atom. The molecule has 0 bridgehead atoms. The fraction of sp³-hybridized carbons (Fsp3) is 0.407. The Bertz CT molecular complexity index is 1210. The number of ketones is 2. The van der Waals surface area contributed by atoms with Crippen LogP contribution >= 0.6 is 0 Å². The lowest BCUT2D eigenvalue weighted by atomic mass is 9.62. The molecule has 0 atom stereocenters. The number of likely N-dealkylation sites (tertiary alicyclic amines) is 1. The van der Waals surface area contributed by atoms with E-state index in [1.807, 2.05) is 26.0 Å². The van der Waals surface area contributed by atoms with Gasteiger partial charge in [-0.1, -0.05) is 5.92 Å². The molecule has 1 aromatic carbocycles. The van der Waals surface area contributed by atoms with Crippen molar-refractivity contribution < 1.29 is 19.2 Å². The van der Waals surface area contributed by atoms with Crippen LogP contribution in [0.4, 0.5) is 4.79 Å². The van der Waals surface area contributed by atoms with Gasteiger partial charge in [0, 0.05) is 37.7 Å². The zero-order valence-electron chi connectivity index (χ0n) is 20.2. The third-order valence-electron chi connectivity index (χ3n) is 7.03. The second-order valence-corrected chi connectivity index (χ2v) is 9.47. The van der Waals surface area contributed by atoms with Gasteiger partial charge in [-0.25, -0.2) is 4.79 Å². The van der Waals surface area contributed by atoms with E-state index in [1.165, 1.54) is 12.3 Å². The van der Waals surface area contributed by atoms with Crippen molar-refractivity contribution in [3.8, 4) is 11.8 Å². The summed E-state index contributed by atoms with van der Waals surface area (Å²) in [4.78, 5) is 52.9. The van der Waals surface area contributed by atoms with E-state index in [4.69, 9.17) is 0 Å². The van der Waals surface area contributed by atoms with Gasteiger partial charge in [-0.05, 0) is 80.0 Å². The van der Waals surface area contributed by atoms with E-state index in [0.717, 1.165) is 22.3 Å². The summed E-state index contributed by atoms with van der Waals surface area (Å²) < 4.78 is 0. The predicted molar refractivity (Wildman–Crippen MR) is 129 cm³/mol. The van der Waals surface area contributed by atoms with Crippen LogP contribution in [0.25, 0.3) is 0 Å². The van der Waals surface area contributed by atoms with Gasteiger partial charge in [0.25, 0.3) is 5.91 Å². The van der Waals surface area contributed by atoms with Gasteiger partial charge in [0.1, 0.15) is 17.5 Å². The van der Waals surface area contributed by atoms with E-state index in [9.17, 15) is 19.2 Å². The molecule has 180 valence electrons. The number of carbonyl (C=O) groups excluding carboxylic acids is 4. The Hall–Kier alpha value is -3.86. The maximum Gasteiger partial charge on any atom is 0.324 e. The summed E-state index contributed by atoms with van der Waals surface area (Å²) in [5.41, 5.74) is 3.11. The van der Waals surface area contributed by atoms with Crippen LogP contribution in [0, 0.1) is 31.1 Å². The zero-order chi connectivity index (χ0) is 25.2. The maximum atomic E-state index is 13.3. The molecule has 1 aromatic heterocycles. The number of nitrogens with zero attached hydrogens (tertiary/aromatic N) is 3. The van der Waals surface area contributed by atoms with Crippen LogP contribution in [0.3, 0.4) is 0 Å². The van der Waals surface area contributed by atoms with Gasteiger partial charge in [-0.3, -0.25) is 19.7 Å². The van der Waals surface area contributed by atoms with Crippen molar-refractivity contribution in [2.75, 3.05) is 13.1 Å². The van der Waals surface area contributed by atoms with Gasteiger partial charge in [0.15, 0.2) is 5.69 Å². The first-order valence-corrected chi connectivity index (χ1v) is 11.7. The fourth-order valence-corrected chi connectivity index (χ4v) is 5.35. The van der Waals surface area contributed by atoms with Gasteiger partial charge < -0.3 is 4.90 Å². The molecule has 8 heteroatoms. The summed E-state index contributed by atoms with van der Waals surface area (Å²) in [6.45, 7) is 6.36. The first-order chi connectivity index (χ1) is 16.7. The summed E-state index contributed by atoms with van der Waals surface area (Å²) in [7, 11) is 0. The molecule has 2 fully saturated rings. The molecule has 3 amide bonds. The summed E-state index contributed by atoms with van der Waals surface area (Å²) in [6.07, 6.45) is 3.14. The molecule has 1 N–H and O–H groups in total. The van der Waals surface area contributed by atoms with E-state index >= 15 is 0 Å². The quantitative estimate of drug-likeness (QED) is 0.531. The Balaban J connectivity index is 1.42. The first-order valence-electron chi connectivity index (χ1n) is 11.7. The predicted octanol–water partition coefficient (Wildman–Crippen LogP) is 3.11. The highest BCUT2D eigenvalue weighted by molar-refractivity contribution is 6.10. The number of benzene rings is 1. The van der Waals surface area contributed by atoms with Crippen molar-refractivity contribution in [3.63, 3.8) is 0 Å². The standard InChI is InChI=1S/C27H28N4O4/c1-4-6-19-13-17(2)23(18(3)14-19)24-21(32)15-27(16-22(24)33)8-11-31(12-9-27)26(35)29-25(34)20-7-5-10-28-30-20/h5,7,10,13-14,24H,8-9,11-12,15-16H2,1-3H3,(H,29,34,35). The number of rotatable bonds is 2. The highest BCUT2D eigenvalue weighted by Crippen LogP contribution is 2.46. The molecule has 2 heterocycles. The average molecular weight is 473 g/mol. The average Bonchev–Trinajstić information content (AvgIpc) is 2.81. The van der Waals surface area contributed by atoms with Crippen LogP contribution in [0.15, 0.2) is 30.5 Å². The van der Waals surface area contributed by atoms with E-state index in [2.05, 4.69) is 27.4 Å². The second-order valence-electron chi connectivity index (χ2n) is 9.47. The number of hydrogen-bond acceptors (Lipinski definition) is 6. The third kappa shape index (κ3) is 4.99. The minimum atomic E-state index is -0.741. The summed E-state index contributed by atoms with van der Waals surface area (Å²) in [5.74, 6) is 4.45. The molecule has 8 nitrogen and oxygen atoms in total. The minimum absolute atomic E-state index is 0.0579. The molecule has 1 saturated carbocycles. The van der Waals surface area contributed by atoms with Crippen LogP contribution in [0.2, 0.25) is 0 Å². The zero-order valence-corrected chi connectivity index (χ0v) is 20.2. The van der Waals surface area contributed by atoms with Crippen LogP contribution < -0.4 is 5.32 Å². The highest BCUT2D eigenvalue weighted by Gasteiger charge is 2.47. The van der Waals surface area contributed by atoms with Gasteiger partial charge in [0.2, 0.25) is 0 Å². The van der Waals surface area contributed by atoms with Crippen molar-refractivity contribution >= 4 is 23.5 Å². The van der Waals surface area contributed by atoms with Gasteiger partial charge in [-0.2, -0.15) is 5.10 Å². The molecule has 4 rings (SSSR count). The number of hydrogen-bond donors (Lipinski definition) is 1. The number of aryl methyl sites for hydroxylation is 2. The summed E-state index contributed by atoms with van der Waals surface area (Å²) in [6, 6.07) is 6.40. The number of imide groups is 1. The molecule has 0 unspecified atom stereocenters. The smallest absolute Gasteiger partial charge is 0.324 e. The molecule has 0 radical (unpaired) electrons. The van der Waals surface area contributed by atoms with Gasteiger partial charge >= 0.3 is 6.03 Å². The molecule has 2 aliphatic rings. The van der Waals surface area contributed by atoms with E-state index in [0.29, 0.717) is 38.8 Å². The van der Waals surface area contributed by atoms with Crippen molar-refractivity contribution in [2.24, 2.45) is 5.41 Å². The Morgan fingerprint density at radius 3 is 2.26 bits per heavy atom. The molecule has 1 spiro atoms. The largest absolute Gasteiger partial charge is 0.324 e. The lowest BCUT2D eigenvalue weighted by Gasteiger charge is -2.44. The summed E-state index contributed by atoms with van der Waals surface area (Å²) in [5, 5.41) is 9.68. The molecule has 1 aliphatic heterocycles. The number of piperidine rings is 1. The first kappa shape index (κ1) is 24.3. The molecular formula is C27H28N4O4. The van der Waals surface area contributed by atoms with Crippen molar-refractivity contribution in [3.05, 3.63) is 58.4 Å². The second kappa shape index (κ2) is 9.79. The van der Waals surface area contributed by atoms with Gasteiger partial charge in [0.05, 0.1) is 0 Å². The molecule has 1 aliphatic carbocycles. The topological polar surface area (TPSA) is 109 Å². The van der Waals surface area contributed by atoms with Crippen molar-refractivity contribution in [2.45, 2.75) is 52.4 Å². The molecular weight excluding hydrogens is 444 g/mol. The molecule has 2 aromatic rings. The van der Waals surface area contributed by atoms with Crippen LogP contribution in [-0.2, 0) is 9.59 Å². The number of aromatic nitrogens is 2. The number of urea groups is 1. The molecule has 35 heavy (non-hydrogen) atoms. The van der Waals surface area contributed by atoms with E-state index < -0.39 is 23.3 Å². The van der Waals surface area contributed by atoms with Gasteiger partial charge in [-0.15, -0.1) is 11.0 Å². The summed E-state index contributed by atoms with van der Waals surface area (Å²) >= 11 is 0. The van der Waals surface area contributed by atoms with Crippen LogP contribution in [0.1, 0.15) is 71.3 Å². The number of Topliss-reactive ketones (excluding diaryl/α,β-unsaturated/α-hetero) is 2. The van der Waals surface area contributed by atoms with E-state index in [1.54, 1.807) is 17.9 Å². The van der Waals surface area contributed by atoms with E-state index in [-0.39, 0.29) is 17.3 Å². The van der Waals surface area contributed by atoms with Crippen molar-refractivity contribution in [1.82, 2.24) is 20.4 Å². The Kier molecular flexibility index (Phi) is 6.79. The normalized spacial score (nSPS) is 17.6. The minimum Gasteiger partial charge on any atom is -0.324 e. The lowest BCUT2D eigenvalue weighted by molar-refractivity contribution is -0.138. The van der Waals surface area contributed by atoms with Crippen LogP contribution in [-0.4, -0.2) is 51.7 Å². The number of nitrogens with one attached hydrogen (secondary N) is 1. The molecule has 1 saturated heterocycles. The monoisotopic (exact) mass is 472 g/mol. The SMILES string of the molecule is CC#Cc1cc(C)c(C2C(=O)CC3(CCN(C(=O)NC(=O)c4cccnn4)CC3)CC2=O)c(C)c1. The Morgan fingerprint density at radius 1 is 1.09 bits per heavy atom. The van der Waals surface area contributed by atoms with Crippen molar-refractivity contribution in [1.29, 1.82) is 0 Å². The highest BCUT2D eigenvalue weighted by atomic mass is 16.2. The number of carbonyl (C=O) groups is 4. The fourth-order valence-electron chi connectivity index (χ4n) is 5.35. The Labute approximate surface area is 204 Å². The lowest BCUT2D eigenvalue weighted by Crippen LogP contribution is -2.51. The number of amides is 3. The maximum absolute atomic E-state index is 13.3.